The molecule has 1 saturated heterocycles. The first-order valence-corrected chi connectivity index (χ1v) is 11.5. The highest BCUT2D eigenvalue weighted by atomic mass is 16.5. The smallest absolute Gasteiger partial charge is 0.328 e. The monoisotopic (exact) mass is 455 g/mol. The van der Waals surface area contributed by atoms with Crippen LogP contribution in [0, 0.1) is 0 Å². The molecule has 0 bridgehead atoms. The van der Waals surface area contributed by atoms with Crippen LogP contribution in [-0.2, 0) is 19.1 Å². The molecule has 3 aromatic carbocycles. The van der Waals surface area contributed by atoms with Gasteiger partial charge in [0.05, 0.1) is 25.7 Å². The van der Waals surface area contributed by atoms with Crippen LogP contribution in [0.15, 0.2) is 97.1 Å². The van der Waals surface area contributed by atoms with Gasteiger partial charge in [-0.1, -0.05) is 103 Å². The average Bonchev–Trinajstić information content (AvgIpc) is 3.32. The molecule has 1 heterocycles. The molecule has 0 aromatic heterocycles. The number of carbonyl (C=O) groups is 2. The van der Waals surface area contributed by atoms with Crippen molar-refractivity contribution < 1.29 is 19.1 Å². The van der Waals surface area contributed by atoms with Crippen molar-refractivity contribution in [1.82, 2.24) is 4.90 Å². The Labute approximate surface area is 200 Å². The number of nitrogens with zero attached hydrogens (tertiary/aromatic N) is 1. The molecule has 2 atom stereocenters. The number of carbonyl (C=O) groups excluding carboxylic acids is 2. The third kappa shape index (κ3) is 5.61. The van der Waals surface area contributed by atoms with E-state index in [0.29, 0.717) is 19.6 Å². The summed E-state index contributed by atoms with van der Waals surface area (Å²) < 4.78 is 11.1. The summed E-state index contributed by atoms with van der Waals surface area (Å²) in [5.41, 5.74) is 2.87. The normalized spacial score (nSPS) is 17.9. The van der Waals surface area contributed by atoms with Crippen LogP contribution in [0.5, 0.6) is 0 Å². The van der Waals surface area contributed by atoms with E-state index in [1.54, 1.807) is 4.90 Å². The van der Waals surface area contributed by atoms with E-state index in [-0.39, 0.29) is 12.0 Å². The quantitative estimate of drug-likeness (QED) is 0.463. The maximum absolute atomic E-state index is 13.9. The van der Waals surface area contributed by atoms with E-state index < -0.39 is 17.9 Å². The topological polar surface area (TPSA) is 55.8 Å². The highest BCUT2D eigenvalue weighted by molar-refractivity contribution is 5.91. The van der Waals surface area contributed by atoms with E-state index >= 15 is 0 Å². The minimum absolute atomic E-state index is 0.126. The summed E-state index contributed by atoms with van der Waals surface area (Å²) in [4.78, 5) is 28.1. The largest absolute Gasteiger partial charge is 0.467 e. The predicted octanol–water partition coefficient (Wildman–Crippen LogP) is 4.69. The average molecular weight is 456 g/mol. The highest BCUT2D eigenvalue weighted by Gasteiger charge is 2.43. The number of rotatable bonds is 8. The van der Waals surface area contributed by atoms with Gasteiger partial charge in [-0.25, -0.2) is 4.79 Å². The van der Waals surface area contributed by atoms with Crippen LogP contribution in [0.3, 0.4) is 0 Å². The van der Waals surface area contributed by atoms with Crippen LogP contribution < -0.4 is 0 Å². The zero-order valence-corrected chi connectivity index (χ0v) is 19.2. The molecule has 1 aliphatic heterocycles. The fourth-order valence-electron chi connectivity index (χ4n) is 4.40. The van der Waals surface area contributed by atoms with Crippen LogP contribution in [0.25, 0.3) is 6.08 Å². The molecule has 5 heteroatoms. The zero-order valence-electron chi connectivity index (χ0n) is 19.2. The number of esters is 1. The van der Waals surface area contributed by atoms with Crippen molar-refractivity contribution >= 4 is 18.0 Å². The molecule has 34 heavy (non-hydrogen) atoms. The molecule has 0 unspecified atom stereocenters. The SMILES string of the molecule is COC(=O)[C@H]1C[C@@H](OC/C=C/c2ccccc2)CN1C(=O)C(c1ccccc1)c1ccccc1. The first kappa shape index (κ1) is 23.5. The summed E-state index contributed by atoms with van der Waals surface area (Å²) >= 11 is 0. The maximum Gasteiger partial charge on any atom is 0.328 e. The van der Waals surface area contributed by atoms with Crippen molar-refractivity contribution in [3.8, 4) is 0 Å². The number of hydrogen-bond acceptors (Lipinski definition) is 4. The molecular formula is C29H29NO4. The number of likely N-dealkylation sites (tertiary alicyclic amines) is 1. The molecule has 1 fully saturated rings. The summed E-state index contributed by atoms with van der Waals surface area (Å²) in [5, 5.41) is 0. The van der Waals surface area contributed by atoms with Gasteiger partial charge in [0.15, 0.2) is 0 Å². The Balaban J connectivity index is 1.52. The lowest BCUT2D eigenvalue weighted by molar-refractivity contribution is -0.151. The predicted molar refractivity (Wildman–Crippen MR) is 132 cm³/mol. The number of hydrogen-bond donors (Lipinski definition) is 0. The Morgan fingerprint density at radius 1 is 0.912 bits per heavy atom. The van der Waals surface area contributed by atoms with Gasteiger partial charge in [0, 0.05) is 13.0 Å². The van der Waals surface area contributed by atoms with Crippen molar-refractivity contribution in [2.45, 2.75) is 24.5 Å². The first-order valence-electron chi connectivity index (χ1n) is 11.5. The van der Waals surface area contributed by atoms with Gasteiger partial charge in [-0.15, -0.1) is 0 Å². The summed E-state index contributed by atoms with van der Waals surface area (Å²) in [6, 6.07) is 28.6. The molecule has 0 saturated carbocycles. The van der Waals surface area contributed by atoms with E-state index in [1.807, 2.05) is 103 Å². The molecule has 1 aliphatic rings. The van der Waals surface area contributed by atoms with Gasteiger partial charge in [0.1, 0.15) is 6.04 Å². The number of amides is 1. The Morgan fingerprint density at radius 2 is 1.47 bits per heavy atom. The third-order valence-corrected chi connectivity index (χ3v) is 6.07. The van der Waals surface area contributed by atoms with Crippen LogP contribution in [0.1, 0.15) is 29.0 Å². The minimum atomic E-state index is -0.671. The van der Waals surface area contributed by atoms with Crippen molar-refractivity contribution in [1.29, 1.82) is 0 Å². The fraction of sp³-hybridized carbons (Fsp3) is 0.241. The summed E-state index contributed by atoms with van der Waals surface area (Å²) in [6.45, 7) is 0.740. The van der Waals surface area contributed by atoms with Gasteiger partial charge in [-0.3, -0.25) is 4.79 Å². The Hall–Kier alpha value is -3.70. The Morgan fingerprint density at radius 3 is 2.03 bits per heavy atom. The summed E-state index contributed by atoms with van der Waals surface area (Å²) in [5.74, 6) is -1.05. The van der Waals surface area contributed by atoms with E-state index in [4.69, 9.17) is 9.47 Å². The van der Waals surface area contributed by atoms with E-state index in [0.717, 1.165) is 16.7 Å². The molecule has 4 rings (SSSR count). The van der Waals surface area contributed by atoms with Crippen LogP contribution in [-0.4, -0.2) is 49.2 Å². The Kier molecular flexibility index (Phi) is 7.89. The number of ether oxygens (including phenoxy) is 2. The fourth-order valence-corrected chi connectivity index (χ4v) is 4.40. The lowest BCUT2D eigenvalue weighted by Gasteiger charge is -2.28. The zero-order chi connectivity index (χ0) is 23.8. The van der Waals surface area contributed by atoms with E-state index in [1.165, 1.54) is 7.11 Å². The van der Waals surface area contributed by atoms with Gasteiger partial charge >= 0.3 is 5.97 Å². The van der Waals surface area contributed by atoms with Crippen molar-refractivity contribution in [3.63, 3.8) is 0 Å². The molecule has 1 amide bonds. The lowest BCUT2D eigenvalue weighted by Crippen LogP contribution is -2.43. The van der Waals surface area contributed by atoms with Crippen molar-refractivity contribution in [3.05, 3.63) is 114 Å². The first-order chi connectivity index (χ1) is 16.7. The Bertz CT molecular complexity index is 1060. The minimum Gasteiger partial charge on any atom is -0.467 e. The highest BCUT2D eigenvalue weighted by Crippen LogP contribution is 2.31. The molecule has 3 aromatic rings. The molecule has 5 nitrogen and oxygen atoms in total. The molecule has 0 N–H and O–H groups in total. The van der Waals surface area contributed by atoms with E-state index in [9.17, 15) is 9.59 Å². The van der Waals surface area contributed by atoms with E-state index in [2.05, 4.69) is 0 Å². The number of benzene rings is 3. The van der Waals surface area contributed by atoms with Crippen molar-refractivity contribution in [2.75, 3.05) is 20.3 Å². The van der Waals surface area contributed by atoms with Gasteiger partial charge in [0.25, 0.3) is 0 Å². The lowest BCUT2D eigenvalue weighted by atomic mass is 9.90. The number of methoxy groups -OCH3 is 1. The molecular weight excluding hydrogens is 426 g/mol. The second kappa shape index (κ2) is 11.4. The van der Waals surface area contributed by atoms with Crippen LogP contribution >= 0.6 is 0 Å². The molecule has 0 radical (unpaired) electrons. The summed E-state index contributed by atoms with van der Waals surface area (Å²) in [6.07, 6.45) is 4.11. The van der Waals surface area contributed by atoms with Gasteiger partial charge in [-0.05, 0) is 16.7 Å². The molecule has 0 aliphatic carbocycles. The molecule has 0 spiro atoms. The van der Waals surface area contributed by atoms with Crippen molar-refractivity contribution in [2.24, 2.45) is 0 Å². The molecule has 174 valence electrons. The third-order valence-electron chi connectivity index (χ3n) is 6.07. The summed E-state index contributed by atoms with van der Waals surface area (Å²) in [7, 11) is 1.35. The maximum atomic E-state index is 13.9. The second-order valence-electron chi connectivity index (χ2n) is 8.29. The van der Waals surface area contributed by atoms with Gasteiger partial charge < -0.3 is 14.4 Å². The van der Waals surface area contributed by atoms with Gasteiger partial charge in [-0.2, -0.15) is 0 Å². The van der Waals surface area contributed by atoms with Crippen LogP contribution in [0.2, 0.25) is 0 Å². The standard InChI is InChI=1S/C29H29NO4/c1-33-29(32)26-20-25(34-19-11-14-22-12-5-2-6-13-22)21-30(26)28(31)27(23-15-7-3-8-16-23)24-17-9-4-10-18-24/h2-18,25-27H,19-21H2,1H3/b14-11+/t25-,26-/m1/s1. The van der Waals surface area contributed by atoms with Crippen LogP contribution in [0.4, 0.5) is 0 Å². The van der Waals surface area contributed by atoms with Gasteiger partial charge in [0.2, 0.25) is 5.91 Å². The second-order valence-corrected chi connectivity index (χ2v) is 8.29.